The average Bonchev–Trinajstić information content (AvgIpc) is 2.61. The maximum Gasteiger partial charge on any atom is 0.134 e. The molecule has 22 heavy (non-hydrogen) atoms. The van der Waals surface area contributed by atoms with Gasteiger partial charge in [-0.05, 0) is 12.8 Å². The third kappa shape index (κ3) is 3.85. The van der Waals surface area contributed by atoms with Gasteiger partial charge < -0.3 is 20.1 Å². The molecule has 0 saturated carbocycles. The summed E-state index contributed by atoms with van der Waals surface area (Å²) in [7, 11) is 0. The van der Waals surface area contributed by atoms with Gasteiger partial charge in [0.1, 0.15) is 18.0 Å². The lowest BCUT2D eigenvalue weighted by Crippen LogP contribution is -2.49. The molecule has 3 heterocycles. The highest BCUT2D eigenvalue weighted by Crippen LogP contribution is 2.22. The van der Waals surface area contributed by atoms with Gasteiger partial charge in [-0.15, -0.1) is 0 Å². The first-order chi connectivity index (χ1) is 10.9. The van der Waals surface area contributed by atoms with Crippen LogP contribution in [0, 0.1) is 0 Å². The predicted octanol–water partition coefficient (Wildman–Crippen LogP) is 0.182. The molecule has 7 heteroatoms. The highest BCUT2D eigenvalue weighted by molar-refractivity contribution is 5.48. The molecule has 0 bridgehead atoms. The van der Waals surface area contributed by atoms with Crippen molar-refractivity contribution >= 4 is 11.6 Å². The molecule has 2 saturated heterocycles. The Hall–Kier alpha value is -1.44. The fourth-order valence-corrected chi connectivity index (χ4v) is 3.20. The number of hydrogen-bond donors (Lipinski definition) is 2. The molecule has 2 aliphatic rings. The highest BCUT2D eigenvalue weighted by Gasteiger charge is 2.26. The summed E-state index contributed by atoms with van der Waals surface area (Å²) in [5.74, 6) is 1.74. The van der Waals surface area contributed by atoms with Crippen molar-refractivity contribution in [1.29, 1.82) is 0 Å². The maximum absolute atomic E-state index is 8.87. The van der Waals surface area contributed by atoms with Crippen LogP contribution in [-0.2, 0) is 4.74 Å². The van der Waals surface area contributed by atoms with E-state index in [1.165, 1.54) is 12.8 Å². The monoisotopic (exact) mass is 307 g/mol. The van der Waals surface area contributed by atoms with E-state index < -0.39 is 0 Å². The summed E-state index contributed by atoms with van der Waals surface area (Å²) in [6, 6.07) is 2.64. The Morgan fingerprint density at radius 1 is 1.18 bits per heavy atom. The van der Waals surface area contributed by atoms with Gasteiger partial charge >= 0.3 is 0 Å². The first-order valence-electron chi connectivity index (χ1n) is 8.10. The van der Waals surface area contributed by atoms with Crippen molar-refractivity contribution in [1.82, 2.24) is 14.9 Å². The van der Waals surface area contributed by atoms with Crippen LogP contribution in [0.4, 0.5) is 11.6 Å². The predicted molar refractivity (Wildman–Crippen MR) is 85.2 cm³/mol. The van der Waals surface area contributed by atoms with E-state index in [0.29, 0.717) is 12.6 Å². The molecule has 7 nitrogen and oxygen atoms in total. The van der Waals surface area contributed by atoms with E-state index in [9.17, 15) is 0 Å². The zero-order valence-corrected chi connectivity index (χ0v) is 12.9. The summed E-state index contributed by atoms with van der Waals surface area (Å²) < 4.78 is 5.43. The topological polar surface area (TPSA) is 73.8 Å². The number of aliphatic hydroxyl groups is 1. The van der Waals surface area contributed by atoms with Crippen LogP contribution in [0.25, 0.3) is 0 Å². The van der Waals surface area contributed by atoms with Crippen LogP contribution in [0.5, 0.6) is 0 Å². The number of anilines is 2. The van der Waals surface area contributed by atoms with Crippen molar-refractivity contribution in [2.24, 2.45) is 0 Å². The van der Waals surface area contributed by atoms with Crippen LogP contribution in [-0.4, -0.2) is 78.6 Å². The minimum atomic E-state index is 0.101. The number of hydrogen-bond acceptors (Lipinski definition) is 7. The van der Waals surface area contributed by atoms with Gasteiger partial charge in [-0.25, -0.2) is 9.97 Å². The van der Waals surface area contributed by atoms with Gasteiger partial charge in [0.15, 0.2) is 0 Å². The Kier molecular flexibility index (Phi) is 5.42. The molecule has 0 atom stereocenters. The molecule has 1 aromatic rings. The molecular weight excluding hydrogens is 282 g/mol. The molecule has 2 aliphatic heterocycles. The number of morpholine rings is 1. The molecule has 0 spiro atoms. The van der Waals surface area contributed by atoms with Gasteiger partial charge in [-0.1, -0.05) is 0 Å². The molecule has 0 unspecified atom stereocenters. The molecule has 2 fully saturated rings. The second kappa shape index (κ2) is 7.71. The number of aromatic nitrogens is 2. The van der Waals surface area contributed by atoms with Crippen LogP contribution >= 0.6 is 0 Å². The SMILES string of the molecule is OCCNc1cc(N2CCC(N3CCOCC3)CC2)ncn1. The zero-order valence-electron chi connectivity index (χ0n) is 12.9. The van der Waals surface area contributed by atoms with Gasteiger partial charge in [0, 0.05) is 44.8 Å². The second-order valence-electron chi connectivity index (χ2n) is 5.78. The van der Waals surface area contributed by atoms with Crippen molar-refractivity contribution < 1.29 is 9.84 Å². The van der Waals surface area contributed by atoms with Crippen molar-refractivity contribution in [3.63, 3.8) is 0 Å². The molecule has 0 aromatic carbocycles. The summed E-state index contributed by atoms with van der Waals surface area (Å²) >= 11 is 0. The van der Waals surface area contributed by atoms with E-state index in [-0.39, 0.29) is 6.61 Å². The lowest BCUT2D eigenvalue weighted by Gasteiger charge is -2.40. The molecule has 0 aliphatic carbocycles. The van der Waals surface area contributed by atoms with Crippen LogP contribution in [0.1, 0.15) is 12.8 Å². The summed E-state index contributed by atoms with van der Waals surface area (Å²) in [6.45, 7) is 6.52. The van der Waals surface area contributed by atoms with Gasteiger partial charge in [-0.2, -0.15) is 0 Å². The minimum absolute atomic E-state index is 0.101. The zero-order chi connectivity index (χ0) is 15.2. The number of ether oxygens (including phenoxy) is 1. The summed E-state index contributed by atoms with van der Waals surface area (Å²) in [4.78, 5) is 13.5. The molecular formula is C15H25N5O2. The van der Waals surface area contributed by atoms with Crippen LogP contribution in [0.15, 0.2) is 12.4 Å². The second-order valence-corrected chi connectivity index (χ2v) is 5.78. The Morgan fingerprint density at radius 2 is 1.95 bits per heavy atom. The normalized spacial score (nSPS) is 21.0. The minimum Gasteiger partial charge on any atom is -0.395 e. The molecule has 2 N–H and O–H groups in total. The van der Waals surface area contributed by atoms with Crippen LogP contribution in [0.2, 0.25) is 0 Å². The van der Waals surface area contributed by atoms with E-state index >= 15 is 0 Å². The smallest absolute Gasteiger partial charge is 0.134 e. The van der Waals surface area contributed by atoms with Crippen molar-refractivity contribution in [2.45, 2.75) is 18.9 Å². The molecule has 122 valence electrons. The lowest BCUT2D eigenvalue weighted by molar-refractivity contribution is 0.0115. The Morgan fingerprint density at radius 3 is 2.68 bits per heavy atom. The number of nitrogens with one attached hydrogen (secondary N) is 1. The third-order valence-electron chi connectivity index (χ3n) is 4.42. The fraction of sp³-hybridized carbons (Fsp3) is 0.733. The molecule has 1 aromatic heterocycles. The molecule has 0 amide bonds. The first-order valence-corrected chi connectivity index (χ1v) is 8.10. The summed E-state index contributed by atoms with van der Waals surface area (Å²) in [6.07, 6.45) is 3.93. The van der Waals surface area contributed by atoms with E-state index in [2.05, 4.69) is 25.1 Å². The van der Waals surface area contributed by atoms with E-state index in [4.69, 9.17) is 9.84 Å². The van der Waals surface area contributed by atoms with Crippen LogP contribution in [0.3, 0.4) is 0 Å². The van der Waals surface area contributed by atoms with Crippen molar-refractivity contribution in [3.05, 3.63) is 12.4 Å². The van der Waals surface area contributed by atoms with Gasteiger partial charge in [0.25, 0.3) is 0 Å². The van der Waals surface area contributed by atoms with Crippen molar-refractivity contribution in [2.75, 3.05) is 62.8 Å². The fourth-order valence-electron chi connectivity index (χ4n) is 3.20. The number of piperidine rings is 1. The van der Waals surface area contributed by atoms with Crippen molar-refractivity contribution in [3.8, 4) is 0 Å². The highest BCUT2D eigenvalue weighted by atomic mass is 16.5. The lowest BCUT2D eigenvalue weighted by atomic mass is 10.0. The van der Waals surface area contributed by atoms with Gasteiger partial charge in [0.2, 0.25) is 0 Å². The van der Waals surface area contributed by atoms with Gasteiger partial charge in [-0.3, -0.25) is 4.90 Å². The van der Waals surface area contributed by atoms with E-state index in [1.54, 1.807) is 6.33 Å². The van der Waals surface area contributed by atoms with E-state index in [1.807, 2.05) is 6.07 Å². The Bertz CT molecular complexity index is 459. The largest absolute Gasteiger partial charge is 0.395 e. The quantitative estimate of drug-likeness (QED) is 0.804. The summed E-state index contributed by atoms with van der Waals surface area (Å²) in [5.41, 5.74) is 0. The number of aliphatic hydroxyl groups excluding tert-OH is 1. The maximum atomic E-state index is 8.87. The number of nitrogens with zero attached hydrogens (tertiary/aromatic N) is 4. The molecule has 0 radical (unpaired) electrons. The first kappa shape index (κ1) is 15.5. The Labute approximate surface area is 131 Å². The Balaban J connectivity index is 1.54. The van der Waals surface area contributed by atoms with Gasteiger partial charge in [0.05, 0.1) is 19.8 Å². The third-order valence-corrected chi connectivity index (χ3v) is 4.42. The average molecular weight is 307 g/mol. The molecule has 3 rings (SSSR count). The number of rotatable bonds is 5. The summed E-state index contributed by atoms with van der Waals surface area (Å²) in [5, 5.41) is 12.0. The van der Waals surface area contributed by atoms with Crippen LogP contribution < -0.4 is 10.2 Å². The standard InChI is InChI=1S/C15H25N5O2/c21-8-3-16-14-11-15(18-12-17-14)20-4-1-13(2-5-20)19-6-9-22-10-7-19/h11-13,21H,1-10H2,(H,16,17,18). The van der Waals surface area contributed by atoms with E-state index in [0.717, 1.165) is 51.0 Å².